The summed E-state index contributed by atoms with van der Waals surface area (Å²) in [5.74, 6) is 0.520. The third kappa shape index (κ3) is 8.88. The van der Waals surface area contributed by atoms with Gasteiger partial charge in [0.1, 0.15) is 5.75 Å². The van der Waals surface area contributed by atoms with Crippen LogP contribution in [0.1, 0.15) is 25.8 Å². The van der Waals surface area contributed by atoms with Crippen molar-refractivity contribution in [2.75, 3.05) is 18.9 Å². The second-order valence-corrected chi connectivity index (χ2v) is 5.94. The van der Waals surface area contributed by atoms with Crippen molar-refractivity contribution in [2.24, 2.45) is 0 Å². The largest absolute Gasteiger partial charge is 0.493 e. The van der Waals surface area contributed by atoms with Crippen LogP contribution in [0, 0.1) is 0 Å². The van der Waals surface area contributed by atoms with E-state index >= 15 is 0 Å². The highest BCUT2D eigenvalue weighted by Crippen LogP contribution is 2.29. The summed E-state index contributed by atoms with van der Waals surface area (Å²) >= 11 is -0.0601. The van der Waals surface area contributed by atoms with E-state index in [4.69, 9.17) is 4.74 Å². The minimum atomic E-state index is -4.18. The van der Waals surface area contributed by atoms with Crippen molar-refractivity contribution in [3.63, 3.8) is 0 Å². The van der Waals surface area contributed by atoms with Gasteiger partial charge in [-0.25, -0.2) is 0 Å². The molecule has 0 heterocycles. The van der Waals surface area contributed by atoms with Crippen LogP contribution in [-0.4, -0.2) is 30.5 Å². The van der Waals surface area contributed by atoms with E-state index in [9.17, 15) is 13.2 Å². The molecule has 0 saturated carbocycles. The Morgan fingerprint density at radius 1 is 1.24 bits per heavy atom. The molecule has 1 rings (SSSR count). The minimum Gasteiger partial charge on any atom is -0.493 e. The molecule has 0 bridgehead atoms. The molecular formula is C15H22F3NOS. The third-order valence-electron chi connectivity index (χ3n) is 2.96. The number of hydrogen-bond donors (Lipinski definition) is 1. The van der Waals surface area contributed by atoms with Crippen molar-refractivity contribution in [1.29, 1.82) is 0 Å². The Labute approximate surface area is 128 Å². The number of ether oxygens (including phenoxy) is 1. The van der Waals surface area contributed by atoms with Gasteiger partial charge in [-0.15, -0.1) is 0 Å². The van der Waals surface area contributed by atoms with Gasteiger partial charge < -0.3 is 10.1 Å². The van der Waals surface area contributed by atoms with Crippen molar-refractivity contribution in [1.82, 2.24) is 5.32 Å². The maximum atomic E-state index is 11.9. The van der Waals surface area contributed by atoms with Gasteiger partial charge in [-0.05, 0) is 55.8 Å². The van der Waals surface area contributed by atoms with Crippen molar-refractivity contribution in [2.45, 2.75) is 38.2 Å². The van der Waals surface area contributed by atoms with Crippen molar-refractivity contribution < 1.29 is 17.9 Å². The van der Waals surface area contributed by atoms with E-state index in [0.717, 1.165) is 19.4 Å². The summed E-state index contributed by atoms with van der Waals surface area (Å²) in [5.41, 5.74) is -2.98. The molecule has 0 saturated heterocycles. The molecule has 0 radical (unpaired) electrons. The number of hydrogen-bond acceptors (Lipinski definition) is 3. The summed E-state index contributed by atoms with van der Waals surface area (Å²) < 4.78 is 41.1. The lowest BCUT2D eigenvalue weighted by Crippen LogP contribution is -2.25. The fourth-order valence-electron chi connectivity index (χ4n) is 1.90. The fraction of sp³-hybridized carbons (Fsp3) is 0.600. The van der Waals surface area contributed by atoms with Crippen molar-refractivity contribution >= 4 is 11.8 Å². The first-order chi connectivity index (χ1) is 9.90. The van der Waals surface area contributed by atoms with Crippen LogP contribution in [0.2, 0.25) is 0 Å². The van der Waals surface area contributed by atoms with Crippen LogP contribution >= 0.6 is 11.8 Å². The normalized spacial score (nSPS) is 13.2. The zero-order valence-electron chi connectivity index (χ0n) is 12.4. The predicted molar refractivity (Wildman–Crippen MR) is 81.9 cm³/mol. The van der Waals surface area contributed by atoms with E-state index in [1.54, 1.807) is 0 Å². The highest BCUT2D eigenvalue weighted by molar-refractivity contribution is 8.00. The second-order valence-electron chi connectivity index (χ2n) is 4.78. The quantitative estimate of drug-likeness (QED) is 0.687. The smallest absolute Gasteiger partial charge is 0.441 e. The molecule has 0 fully saturated rings. The average molecular weight is 321 g/mol. The molecule has 1 aromatic carbocycles. The molecular weight excluding hydrogens is 299 g/mol. The molecule has 1 unspecified atom stereocenters. The predicted octanol–water partition coefficient (Wildman–Crippen LogP) is 4.25. The average Bonchev–Trinajstić information content (AvgIpc) is 2.42. The van der Waals surface area contributed by atoms with Crippen LogP contribution in [0.4, 0.5) is 13.2 Å². The number of benzene rings is 1. The van der Waals surface area contributed by atoms with Crippen molar-refractivity contribution in [3.05, 3.63) is 29.8 Å². The van der Waals surface area contributed by atoms with Crippen LogP contribution in [0.3, 0.4) is 0 Å². The molecule has 0 spiro atoms. The lowest BCUT2D eigenvalue weighted by Gasteiger charge is -2.12. The lowest BCUT2D eigenvalue weighted by atomic mass is 10.1. The van der Waals surface area contributed by atoms with Gasteiger partial charge in [0.05, 0.1) is 6.61 Å². The highest BCUT2D eigenvalue weighted by atomic mass is 32.2. The van der Waals surface area contributed by atoms with Crippen LogP contribution in [-0.2, 0) is 6.42 Å². The van der Waals surface area contributed by atoms with Gasteiger partial charge in [-0.2, -0.15) is 13.2 Å². The molecule has 2 nitrogen and oxygen atoms in total. The Kier molecular flexibility index (Phi) is 7.96. The Hall–Kier alpha value is -0.880. The summed E-state index contributed by atoms with van der Waals surface area (Å²) in [7, 11) is 0. The molecule has 1 N–H and O–H groups in total. The van der Waals surface area contributed by atoms with Gasteiger partial charge in [0, 0.05) is 11.8 Å². The number of aryl methyl sites for hydroxylation is 1. The standard InChI is InChI=1S/C15H22F3NOS/c1-3-19-12(2)4-5-13-6-8-14(9-7-13)20-10-11-21-15(16,17)18/h6-9,12,19H,3-5,10-11H2,1-2H3. The molecule has 0 amide bonds. The Morgan fingerprint density at radius 3 is 2.48 bits per heavy atom. The topological polar surface area (TPSA) is 21.3 Å². The van der Waals surface area contributed by atoms with Crippen molar-refractivity contribution in [3.8, 4) is 5.75 Å². The van der Waals surface area contributed by atoms with E-state index < -0.39 is 5.51 Å². The first-order valence-electron chi connectivity index (χ1n) is 7.06. The monoisotopic (exact) mass is 321 g/mol. The Morgan fingerprint density at radius 2 is 1.90 bits per heavy atom. The van der Waals surface area contributed by atoms with Crippen LogP contribution in [0.25, 0.3) is 0 Å². The van der Waals surface area contributed by atoms with E-state index in [-0.39, 0.29) is 24.1 Å². The minimum absolute atomic E-state index is 0.0565. The summed E-state index contributed by atoms with van der Waals surface area (Å²) in [4.78, 5) is 0. The zero-order valence-corrected chi connectivity index (χ0v) is 13.2. The summed E-state index contributed by atoms with van der Waals surface area (Å²) in [6.45, 7) is 5.25. The first-order valence-corrected chi connectivity index (χ1v) is 8.05. The Balaban J connectivity index is 2.27. The van der Waals surface area contributed by atoms with Gasteiger partial charge in [0.25, 0.3) is 0 Å². The summed E-state index contributed by atoms with van der Waals surface area (Å²) in [6.07, 6.45) is 2.02. The fourth-order valence-corrected chi connectivity index (χ4v) is 2.30. The molecule has 6 heteroatoms. The molecule has 0 aliphatic heterocycles. The highest BCUT2D eigenvalue weighted by Gasteiger charge is 2.27. The molecule has 0 aromatic heterocycles. The molecule has 0 aliphatic rings. The van der Waals surface area contributed by atoms with Crippen LogP contribution in [0.15, 0.2) is 24.3 Å². The zero-order chi connectivity index (χ0) is 15.7. The molecule has 21 heavy (non-hydrogen) atoms. The number of halogens is 3. The summed E-state index contributed by atoms with van der Waals surface area (Å²) in [5, 5.41) is 3.35. The maximum Gasteiger partial charge on any atom is 0.441 e. The molecule has 0 aliphatic carbocycles. The van der Waals surface area contributed by atoms with E-state index in [1.807, 2.05) is 24.3 Å². The van der Waals surface area contributed by atoms with Crippen LogP contribution in [0.5, 0.6) is 5.75 Å². The number of alkyl halides is 3. The summed E-state index contributed by atoms with van der Waals surface area (Å²) in [6, 6.07) is 8.03. The van der Waals surface area contributed by atoms with E-state index in [1.165, 1.54) is 5.56 Å². The number of nitrogens with one attached hydrogen (secondary N) is 1. The van der Waals surface area contributed by atoms with E-state index in [0.29, 0.717) is 11.8 Å². The van der Waals surface area contributed by atoms with Gasteiger partial charge >= 0.3 is 5.51 Å². The SMILES string of the molecule is CCNC(C)CCc1ccc(OCCSC(F)(F)F)cc1. The van der Waals surface area contributed by atoms with E-state index in [2.05, 4.69) is 19.2 Å². The number of thioether (sulfide) groups is 1. The second kappa shape index (κ2) is 9.20. The van der Waals surface area contributed by atoms with Crippen LogP contribution < -0.4 is 10.1 Å². The van der Waals surface area contributed by atoms with Gasteiger partial charge in [-0.3, -0.25) is 0 Å². The molecule has 120 valence electrons. The molecule has 1 atom stereocenters. The number of rotatable bonds is 9. The third-order valence-corrected chi connectivity index (χ3v) is 3.66. The lowest BCUT2D eigenvalue weighted by molar-refractivity contribution is -0.0329. The maximum absolute atomic E-state index is 11.9. The molecule has 1 aromatic rings. The van der Waals surface area contributed by atoms with Gasteiger partial charge in [-0.1, -0.05) is 19.1 Å². The first kappa shape index (κ1) is 18.2. The van der Waals surface area contributed by atoms with Gasteiger partial charge in [0.15, 0.2) is 0 Å². The Bertz CT molecular complexity index is 395. The van der Waals surface area contributed by atoms with Gasteiger partial charge in [0.2, 0.25) is 0 Å².